The Hall–Kier alpha value is -1.13. The normalized spacial score (nSPS) is 23.4. The van der Waals surface area contributed by atoms with Crippen LogP contribution < -0.4 is 10.2 Å². The van der Waals surface area contributed by atoms with Crippen LogP contribution in [0.15, 0.2) is 18.3 Å². The summed E-state index contributed by atoms with van der Waals surface area (Å²) in [6, 6.07) is 5.51. The maximum absolute atomic E-state index is 4.69. The predicted octanol–water partition coefficient (Wildman–Crippen LogP) is 2.25. The van der Waals surface area contributed by atoms with Crippen LogP contribution in [0.3, 0.4) is 0 Å². The van der Waals surface area contributed by atoms with Gasteiger partial charge in [0, 0.05) is 50.0 Å². The van der Waals surface area contributed by atoms with Crippen molar-refractivity contribution < 1.29 is 0 Å². The topological polar surface area (TPSA) is 31.4 Å². The highest BCUT2D eigenvalue weighted by molar-refractivity contribution is 5.47. The minimum atomic E-state index is 0.508. The first-order chi connectivity index (χ1) is 10.2. The van der Waals surface area contributed by atoms with E-state index in [-0.39, 0.29) is 0 Å². The Bertz CT molecular complexity index is 460. The second-order valence-electron chi connectivity index (χ2n) is 6.65. The lowest BCUT2D eigenvalue weighted by molar-refractivity contribution is 0.133. The number of pyridine rings is 1. The summed E-state index contributed by atoms with van der Waals surface area (Å²) >= 11 is 0. The van der Waals surface area contributed by atoms with Crippen LogP contribution in [0.2, 0.25) is 0 Å². The molecule has 0 aliphatic carbocycles. The zero-order valence-corrected chi connectivity index (χ0v) is 13.4. The van der Waals surface area contributed by atoms with Gasteiger partial charge in [0.25, 0.3) is 0 Å². The predicted molar refractivity (Wildman–Crippen MR) is 87.6 cm³/mol. The Morgan fingerprint density at radius 1 is 1.29 bits per heavy atom. The molecule has 0 bridgehead atoms. The van der Waals surface area contributed by atoms with E-state index in [2.05, 4.69) is 46.1 Å². The number of aromatic nitrogens is 1. The molecule has 0 radical (unpaired) electrons. The molecule has 2 aliphatic heterocycles. The van der Waals surface area contributed by atoms with Crippen LogP contribution in [0.1, 0.15) is 38.7 Å². The SMILES string of the molecule is CC(C)NCc1cccnc1N1CCN2CCCCC2C1. The van der Waals surface area contributed by atoms with Crippen molar-refractivity contribution in [2.75, 3.05) is 31.1 Å². The third kappa shape index (κ3) is 3.55. The number of rotatable bonds is 4. The maximum Gasteiger partial charge on any atom is 0.133 e. The number of nitrogens with one attached hydrogen (secondary N) is 1. The van der Waals surface area contributed by atoms with Crippen LogP contribution in [0.5, 0.6) is 0 Å². The molecule has 1 unspecified atom stereocenters. The summed E-state index contributed by atoms with van der Waals surface area (Å²) in [5.41, 5.74) is 1.33. The summed E-state index contributed by atoms with van der Waals surface area (Å²) in [6.45, 7) is 10.0. The summed E-state index contributed by atoms with van der Waals surface area (Å²) in [5, 5.41) is 3.52. The van der Waals surface area contributed by atoms with E-state index in [9.17, 15) is 0 Å². The van der Waals surface area contributed by atoms with Crippen LogP contribution in [0.4, 0.5) is 5.82 Å². The lowest BCUT2D eigenvalue weighted by atomic mass is 9.99. The molecule has 0 aromatic carbocycles. The minimum absolute atomic E-state index is 0.508. The van der Waals surface area contributed by atoms with E-state index < -0.39 is 0 Å². The number of anilines is 1. The molecule has 0 amide bonds. The Morgan fingerprint density at radius 2 is 2.19 bits per heavy atom. The largest absolute Gasteiger partial charge is 0.353 e. The Labute approximate surface area is 128 Å². The number of nitrogens with zero attached hydrogens (tertiary/aromatic N) is 3. The van der Waals surface area contributed by atoms with Crippen molar-refractivity contribution in [3.8, 4) is 0 Å². The lowest BCUT2D eigenvalue weighted by Gasteiger charge is -2.44. The van der Waals surface area contributed by atoms with E-state index in [1.54, 1.807) is 0 Å². The van der Waals surface area contributed by atoms with E-state index in [1.807, 2.05) is 6.20 Å². The van der Waals surface area contributed by atoms with Crippen LogP contribution >= 0.6 is 0 Å². The summed E-state index contributed by atoms with van der Waals surface area (Å²) in [5.74, 6) is 1.19. The van der Waals surface area contributed by atoms with E-state index in [0.717, 1.165) is 25.7 Å². The number of piperidine rings is 1. The average Bonchev–Trinajstić information content (AvgIpc) is 2.52. The van der Waals surface area contributed by atoms with E-state index >= 15 is 0 Å². The molecule has 3 rings (SSSR count). The van der Waals surface area contributed by atoms with Crippen LogP contribution in [0, 0.1) is 0 Å². The first-order valence-corrected chi connectivity index (χ1v) is 8.40. The number of hydrogen-bond acceptors (Lipinski definition) is 4. The highest BCUT2D eigenvalue weighted by Gasteiger charge is 2.30. The second-order valence-corrected chi connectivity index (χ2v) is 6.65. The summed E-state index contributed by atoms with van der Waals surface area (Å²) in [4.78, 5) is 9.86. The Kier molecular flexibility index (Phi) is 4.76. The molecular formula is C17H28N4. The maximum atomic E-state index is 4.69. The molecule has 4 heteroatoms. The van der Waals surface area contributed by atoms with Crippen molar-refractivity contribution in [3.05, 3.63) is 23.9 Å². The van der Waals surface area contributed by atoms with E-state index in [1.165, 1.54) is 43.7 Å². The fourth-order valence-corrected chi connectivity index (χ4v) is 3.52. The molecule has 21 heavy (non-hydrogen) atoms. The Balaban J connectivity index is 1.71. The van der Waals surface area contributed by atoms with Gasteiger partial charge in [-0.05, 0) is 25.5 Å². The van der Waals surface area contributed by atoms with Crippen molar-refractivity contribution in [2.24, 2.45) is 0 Å². The minimum Gasteiger partial charge on any atom is -0.353 e. The van der Waals surface area contributed by atoms with Crippen molar-refractivity contribution in [3.63, 3.8) is 0 Å². The molecular weight excluding hydrogens is 260 g/mol. The number of piperazine rings is 1. The van der Waals surface area contributed by atoms with E-state index in [0.29, 0.717) is 6.04 Å². The highest BCUT2D eigenvalue weighted by Crippen LogP contribution is 2.25. The molecule has 4 nitrogen and oxygen atoms in total. The van der Waals surface area contributed by atoms with Gasteiger partial charge in [0.1, 0.15) is 5.82 Å². The standard InChI is InChI=1S/C17H28N4/c1-14(2)19-12-15-6-5-8-18-17(15)21-11-10-20-9-4-3-7-16(20)13-21/h5-6,8,14,16,19H,3-4,7,9-13H2,1-2H3. The first kappa shape index (κ1) is 14.8. The molecule has 1 atom stereocenters. The summed E-state index contributed by atoms with van der Waals surface area (Å²) in [7, 11) is 0. The van der Waals surface area contributed by atoms with Gasteiger partial charge in [-0.1, -0.05) is 26.3 Å². The Morgan fingerprint density at radius 3 is 3.05 bits per heavy atom. The van der Waals surface area contributed by atoms with Gasteiger partial charge in [-0.3, -0.25) is 4.90 Å². The highest BCUT2D eigenvalue weighted by atomic mass is 15.3. The van der Waals surface area contributed by atoms with Crippen LogP contribution in [-0.4, -0.2) is 48.1 Å². The third-order valence-corrected chi connectivity index (χ3v) is 4.71. The monoisotopic (exact) mass is 288 g/mol. The average molecular weight is 288 g/mol. The molecule has 0 saturated carbocycles. The van der Waals surface area contributed by atoms with Gasteiger partial charge < -0.3 is 10.2 Å². The van der Waals surface area contributed by atoms with Crippen molar-refractivity contribution in [1.29, 1.82) is 0 Å². The molecule has 2 saturated heterocycles. The number of fused-ring (bicyclic) bond motifs is 1. The summed E-state index contributed by atoms with van der Waals surface area (Å²) in [6.07, 6.45) is 6.05. The van der Waals surface area contributed by atoms with Crippen LogP contribution in [-0.2, 0) is 6.54 Å². The smallest absolute Gasteiger partial charge is 0.133 e. The van der Waals surface area contributed by atoms with Crippen molar-refractivity contribution in [2.45, 2.75) is 51.7 Å². The summed E-state index contributed by atoms with van der Waals surface area (Å²) < 4.78 is 0. The first-order valence-electron chi connectivity index (χ1n) is 8.40. The van der Waals surface area contributed by atoms with Gasteiger partial charge >= 0.3 is 0 Å². The number of hydrogen-bond donors (Lipinski definition) is 1. The van der Waals surface area contributed by atoms with Crippen molar-refractivity contribution in [1.82, 2.24) is 15.2 Å². The van der Waals surface area contributed by atoms with Gasteiger partial charge in [-0.2, -0.15) is 0 Å². The molecule has 2 fully saturated rings. The van der Waals surface area contributed by atoms with E-state index in [4.69, 9.17) is 0 Å². The van der Waals surface area contributed by atoms with Gasteiger partial charge in [0.15, 0.2) is 0 Å². The molecule has 3 heterocycles. The van der Waals surface area contributed by atoms with Crippen LogP contribution in [0.25, 0.3) is 0 Å². The van der Waals surface area contributed by atoms with Gasteiger partial charge in [-0.15, -0.1) is 0 Å². The molecule has 1 aromatic heterocycles. The van der Waals surface area contributed by atoms with Gasteiger partial charge in [-0.25, -0.2) is 4.98 Å². The molecule has 2 aliphatic rings. The molecule has 1 N–H and O–H groups in total. The van der Waals surface area contributed by atoms with Gasteiger partial charge in [0.2, 0.25) is 0 Å². The molecule has 0 spiro atoms. The second kappa shape index (κ2) is 6.75. The van der Waals surface area contributed by atoms with Crippen molar-refractivity contribution >= 4 is 5.82 Å². The van der Waals surface area contributed by atoms with Gasteiger partial charge in [0.05, 0.1) is 0 Å². The molecule has 1 aromatic rings. The lowest BCUT2D eigenvalue weighted by Crippen LogP contribution is -2.55. The fraction of sp³-hybridized carbons (Fsp3) is 0.706. The third-order valence-electron chi connectivity index (χ3n) is 4.71. The zero-order chi connectivity index (χ0) is 14.7. The molecule has 116 valence electrons. The quantitative estimate of drug-likeness (QED) is 0.921. The fourth-order valence-electron chi connectivity index (χ4n) is 3.52. The zero-order valence-electron chi connectivity index (χ0n) is 13.4.